The predicted octanol–water partition coefficient (Wildman–Crippen LogP) is 3.67. The number of methoxy groups -OCH3 is 1. The lowest BCUT2D eigenvalue weighted by molar-refractivity contribution is -0.111. The molecule has 0 amide bonds. The standard InChI is InChI=1S/C15H13ClO2/c1-18-14-8-6-13(7-9-14)12-4-2-11(3-5-12)10-15(16)17/h2-9H,10H2,1H3. The first-order chi connectivity index (χ1) is 8.69. The summed E-state index contributed by atoms with van der Waals surface area (Å²) in [5.41, 5.74) is 3.13. The second-order valence-corrected chi connectivity index (χ2v) is 4.38. The van der Waals surface area contributed by atoms with Crippen molar-refractivity contribution < 1.29 is 9.53 Å². The van der Waals surface area contributed by atoms with Gasteiger partial charge in [-0.15, -0.1) is 0 Å². The Morgan fingerprint density at radius 2 is 1.50 bits per heavy atom. The largest absolute Gasteiger partial charge is 0.497 e. The Kier molecular flexibility index (Phi) is 4.00. The summed E-state index contributed by atoms with van der Waals surface area (Å²) < 4.78 is 5.12. The summed E-state index contributed by atoms with van der Waals surface area (Å²) in [7, 11) is 1.65. The van der Waals surface area contributed by atoms with E-state index in [2.05, 4.69) is 0 Å². The van der Waals surface area contributed by atoms with Crippen LogP contribution in [0.15, 0.2) is 48.5 Å². The highest BCUT2D eigenvalue weighted by atomic mass is 35.5. The molecule has 0 aliphatic rings. The van der Waals surface area contributed by atoms with Gasteiger partial charge in [0.15, 0.2) is 0 Å². The molecule has 0 spiro atoms. The third-order valence-electron chi connectivity index (χ3n) is 2.72. The van der Waals surface area contributed by atoms with Crippen LogP contribution in [0.5, 0.6) is 5.75 Å². The van der Waals surface area contributed by atoms with E-state index in [1.165, 1.54) is 0 Å². The van der Waals surface area contributed by atoms with Gasteiger partial charge >= 0.3 is 0 Å². The van der Waals surface area contributed by atoms with E-state index in [0.29, 0.717) is 0 Å². The predicted molar refractivity (Wildman–Crippen MR) is 73.0 cm³/mol. The van der Waals surface area contributed by atoms with Crippen molar-refractivity contribution in [1.29, 1.82) is 0 Å². The van der Waals surface area contributed by atoms with Gasteiger partial charge in [-0.05, 0) is 40.4 Å². The molecule has 0 aliphatic heterocycles. The number of carbonyl (C=O) groups excluding carboxylic acids is 1. The lowest BCUT2D eigenvalue weighted by atomic mass is 10.0. The highest BCUT2D eigenvalue weighted by Gasteiger charge is 2.01. The zero-order valence-corrected chi connectivity index (χ0v) is 10.8. The fourth-order valence-electron chi connectivity index (χ4n) is 1.76. The molecule has 0 heterocycles. The smallest absolute Gasteiger partial charge is 0.226 e. The first-order valence-electron chi connectivity index (χ1n) is 5.61. The van der Waals surface area contributed by atoms with Crippen molar-refractivity contribution in [2.24, 2.45) is 0 Å². The zero-order valence-electron chi connectivity index (χ0n) is 10.0. The van der Waals surface area contributed by atoms with E-state index < -0.39 is 0 Å². The molecule has 0 saturated carbocycles. The molecule has 2 aromatic rings. The second-order valence-electron chi connectivity index (χ2n) is 3.96. The van der Waals surface area contributed by atoms with E-state index in [0.717, 1.165) is 22.4 Å². The molecular formula is C15H13ClO2. The van der Waals surface area contributed by atoms with Crippen molar-refractivity contribution in [2.45, 2.75) is 6.42 Å². The van der Waals surface area contributed by atoms with E-state index >= 15 is 0 Å². The number of ether oxygens (including phenoxy) is 1. The third kappa shape index (κ3) is 3.11. The van der Waals surface area contributed by atoms with E-state index in [4.69, 9.17) is 16.3 Å². The van der Waals surface area contributed by atoms with E-state index in [1.54, 1.807) is 7.11 Å². The average molecular weight is 261 g/mol. The second kappa shape index (κ2) is 5.69. The molecule has 0 unspecified atom stereocenters. The van der Waals surface area contributed by atoms with Crippen molar-refractivity contribution >= 4 is 16.8 Å². The summed E-state index contributed by atoms with van der Waals surface area (Å²) in [5.74, 6) is 0.836. The molecule has 2 aromatic carbocycles. The molecule has 0 radical (unpaired) electrons. The maximum Gasteiger partial charge on any atom is 0.226 e. The molecule has 0 saturated heterocycles. The quantitative estimate of drug-likeness (QED) is 0.784. The van der Waals surface area contributed by atoms with Crippen LogP contribution in [0.3, 0.4) is 0 Å². The molecule has 0 bridgehead atoms. The van der Waals surface area contributed by atoms with Crippen LogP contribution in [0, 0.1) is 0 Å². The van der Waals surface area contributed by atoms with Gasteiger partial charge in [0.2, 0.25) is 5.24 Å². The minimum Gasteiger partial charge on any atom is -0.497 e. The average Bonchev–Trinajstić information content (AvgIpc) is 2.39. The normalized spacial score (nSPS) is 10.1. The van der Waals surface area contributed by atoms with Crippen molar-refractivity contribution in [3.63, 3.8) is 0 Å². The van der Waals surface area contributed by atoms with Crippen molar-refractivity contribution in [3.05, 3.63) is 54.1 Å². The Balaban J connectivity index is 2.20. The number of rotatable bonds is 4. The van der Waals surface area contributed by atoms with Crippen LogP contribution in [0.2, 0.25) is 0 Å². The molecule has 0 aromatic heterocycles. The Bertz CT molecular complexity index is 529. The van der Waals surface area contributed by atoms with E-state index in [9.17, 15) is 4.79 Å². The van der Waals surface area contributed by atoms with Gasteiger partial charge in [0.25, 0.3) is 0 Å². The number of hydrogen-bond donors (Lipinski definition) is 0. The van der Waals surface area contributed by atoms with Crippen LogP contribution in [0.25, 0.3) is 11.1 Å². The molecule has 0 atom stereocenters. The molecule has 3 heteroatoms. The van der Waals surface area contributed by atoms with Crippen LogP contribution >= 0.6 is 11.6 Å². The summed E-state index contributed by atoms with van der Waals surface area (Å²) in [6, 6.07) is 15.6. The van der Waals surface area contributed by atoms with Gasteiger partial charge in [-0.3, -0.25) is 4.79 Å². The molecular weight excluding hydrogens is 248 g/mol. The lowest BCUT2D eigenvalue weighted by Gasteiger charge is -2.04. The molecule has 2 rings (SSSR count). The summed E-state index contributed by atoms with van der Waals surface area (Å²) in [4.78, 5) is 10.8. The van der Waals surface area contributed by atoms with Gasteiger partial charge in [-0.1, -0.05) is 36.4 Å². The van der Waals surface area contributed by atoms with Gasteiger partial charge in [0.05, 0.1) is 7.11 Å². The molecule has 0 N–H and O–H groups in total. The van der Waals surface area contributed by atoms with Crippen molar-refractivity contribution in [2.75, 3.05) is 7.11 Å². The topological polar surface area (TPSA) is 26.3 Å². The summed E-state index contributed by atoms with van der Waals surface area (Å²) >= 11 is 5.35. The molecule has 0 fully saturated rings. The maximum absolute atomic E-state index is 10.8. The van der Waals surface area contributed by atoms with E-state index in [-0.39, 0.29) is 11.7 Å². The number of hydrogen-bond acceptors (Lipinski definition) is 2. The number of halogens is 1. The molecule has 18 heavy (non-hydrogen) atoms. The van der Waals surface area contributed by atoms with Gasteiger partial charge < -0.3 is 4.74 Å². The Morgan fingerprint density at radius 1 is 1.00 bits per heavy atom. The summed E-state index contributed by atoms with van der Waals surface area (Å²) in [5, 5.41) is -0.341. The van der Waals surface area contributed by atoms with E-state index in [1.807, 2.05) is 48.5 Å². The Morgan fingerprint density at radius 3 is 1.94 bits per heavy atom. The lowest BCUT2D eigenvalue weighted by Crippen LogP contribution is -1.92. The minimum atomic E-state index is -0.341. The highest BCUT2D eigenvalue weighted by molar-refractivity contribution is 6.63. The first kappa shape index (κ1) is 12.7. The van der Waals surface area contributed by atoms with Crippen molar-refractivity contribution in [3.8, 4) is 16.9 Å². The highest BCUT2D eigenvalue weighted by Crippen LogP contribution is 2.22. The van der Waals surface area contributed by atoms with Crippen LogP contribution in [-0.4, -0.2) is 12.4 Å². The summed E-state index contributed by atoms with van der Waals surface area (Å²) in [6.07, 6.45) is 0.268. The fourth-order valence-corrected chi connectivity index (χ4v) is 1.91. The van der Waals surface area contributed by atoms with Gasteiger partial charge in [-0.2, -0.15) is 0 Å². The first-order valence-corrected chi connectivity index (χ1v) is 5.98. The maximum atomic E-state index is 10.8. The zero-order chi connectivity index (χ0) is 13.0. The number of benzene rings is 2. The minimum absolute atomic E-state index is 0.268. The monoisotopic (exact) mass is 260 g/mol. The van der Waals surface area contributed by atoms with Gasteiger partial charge in [0, 0.05) is 6.42 Å². The van der Waals surface area contributed by atoms with Crippen molar-refractivity contribution in [1.82, 2.24) is 0 Å². The molecule has 92 valence electrons. The van der Waals surface area contributed by atoms with Crippen LogP contribution < -0.4 is 4.74 Å². The number of carbonyl (C=O) groups is 1. The Labute approximate surface area is 111 Å². The van der Waals surface area contributed by atoms with Gasteiger partial charge in [-0.25, -0.2) is 0 Å². The van der Waals surface area contributed by atoms with Gasteiger partial charge in [0.1, 0.15) is 5.75 Å². The SMILES string of the molecule is COc1ccc(-c2ccc(CC(=O)Cl)cc2)cc1. The molecule has 0 aliphatic carbocycles. The summed E-state index contributed by atoms with van der Waals surface area (Å²) in [6.45, 7) is 0. The molecule has 2 nitrogen and oxygen atoms in total. The van der Waals surface area contributed by atoms with Crippen LogP contribution in [0.1, 0.15) is 5.56 Å². The fraction of sp³-hybridized carbons (Fsp3) is 0.133. The Hall–Kier alpha value is -1.80. The van der Waals surface area contributed by atoms with Crippen LogP contribution in [-0.2, 0) is 11.2 Å². The third-order valence-corrected chi connectivity index (χ3v) is 2.85. The van der Waals surface area contributed by atoms with Crippen LogP contribution in [0.4, 0.5) is 0 Å².